The molecule has 2 aromatic rings. The maximum absolute atomic E-state index is 13.2. The molecule has 0 aromatic heterocycles. The van der Waals surface area contributed by atoms with E-state index in [0.717, 1.165) is 11.3 Å². The summed E-state index contributed by atoms with van der Waals surface area (Å²) in [5.41, 5.74) is 2.11. The Kier molecular flexibility index (Phi) is 4.35. The number of phenolic OH excluding ortho intramolecular Hbond substituents is 1. The lowest BCUT2D eigenvalue weighted by Crippen LogP contribution is -2.03. The number of hydrogen-bond acceptors (Lipinski definition) is 3. The fourth-order valence-corrected chi connectivity index (χ4v) is 2.02. The van der Waals surface area contributed by atoms with Gasteiger partial charge in [-0.05, 0) is 24.6 Å². The molecule has 0 atom stereocenters. The third kappa shape index (κ3) is 2.96. The number of rotatable bonds is 4. The Labute approximate surface area is 122 Å². The molecule has 0 unspecified atom stereocenters. The van der Waals surface area contributed by atoms with Crippen LogP contribution < -0.4 is 10.1 Å². The Morgan fingerprint density at radius 1 is 1.35 bits per heavy atom. The number of aromatic hydroxyl groups is 1. The number of phenols is 1. The summed E-state index contributed by atoms with van der Waals surface area (Å²) >= 11 is 6.03. The second-order valence-electron chi connectivity index (χ2n) is 4.40. The number of methoxy groups -OCH3 is 1. The highest BCUT2D eigenvalue weighted by Crippen LogP contribution is 2.32. The lowest BCUT2D eigenvalue weighted by Gasteiger charge is -2.14. The van der Waals surface area contributed by atoms with Crippen LogP contribution in [0, 0.1) is 12.7 Å². The van der Waals surface area contributed by atoms with Gasteiger partial charge in [0.15, 0.2) is 11.6 Å². The molecule has 0 heterocycles. The van der Waals surface area contributed by atoms with Crippen molar-refractivity contribution < 1.29 is 14.2 Å². The topological polar surface area (TPSA) is 41.5 Å². The molecule has 3 nitrogen and oxygen atoms in total. The van der Waals surface area contributed by atoms with E-state index in [1.807, 2.05) is 13.0 Å². The van der Waals surface area contributed by atoms with E-state index in [9.17, 15) is 9.50 Å². The Balaban J connectivity index is 2.22. The van der Waals surface area contributed by atoms with Crippen molar-refractivity contribution in [3.8, 4) is 11.5 Å². The molecule has 20 heavy (non-hydrogen) atoms. The molecule has 106 valence electrons. The lowest BCUT2D eigenvalue weighted by atomic mass is 10.1. The zero-order chi connectivity index (χ0) is 14.7. The van der Waals surface area contributed by atoms with E-state index in [-0.39, 0.29) is 12.3 Å². The molecular formula is C15H15ClFNO2. The van der Waals surface area contributed by atoms with Gasteiger partial charge in [0, 0.05) is 23.2 Å². The minimum Gasteiger partial charge on any atom is -0.505 e. The van der Waals surface area contributed by atoms with Crippen LogP contribution in [0.15, 0.2) is 30.3 Å². The van der Waals surface area contributed by atoms with Gasteiger partial charge in [-0.15, -0.1) is 0 Å². The average Bonchev–Trinajstić information content (AvgIpc) is 2.43. The van der Waals surface area contributed by atoms with Crippen molar-refractivity contribution in [2.45, 2.75) is 13.5 Å². The first-order valence-electron chi connectivity index (χ1n) is 6.07. The highest BCUT2D eigenvalue weighted by molar-refractivity contribution is 6.31. The smallest absolute Gasteiger partial charge is 0.165 e. The molecule has 0 amide bonds. The lowest BCUT2D eigenvalue weighted by molar-refractivity contribution is 0.416. The maximum Gasteiger partial charge on any atom is 0.165 e. The molecule has 0 spiro atoms. The van der Waals surface area contributed by atoms with Crippen molar-refractivity contribution >= 4 is 17.3 Å². The van der Waals surface area contributed by atoms with Crippen LogP contribution in [0.1, 0.15) is 11.1 Å². The van der Waals surface area contributed by atoms with E-state index < -0.39 is 5.82 Å². The largest absolute Gasteiger partial charge is 0.505 e. The Bertz CT molecular complexity index is 632. The zero-order valence-corrected chi connectivity index (χ0v) is 12.0. The second kappa shape index (κ2) is 6.01. The first-order valence-corrected chi connectivity index (χ1v) is 6.45. The number of aryl methyl sites for hydroxylation is 1. The second-order valence-corrected chi connectivity index (χ2v) is 4.81. The van der Waals surface area contributed by atoms with Crippen molar-refractivity contribution in [2.24, 2.45) is 0 Å². The summed E-state index contributed by atoms with van der Waals surface area (Å²) in [6.07, 6.45) is 0. The predicted molar refractivity (Wildman–Crippen MR) is 78.1 cm³/mol. The third-order valence-corrected chi connectivity index (χ3v) is 3.43. The van der Waals surface area contributed by atoms with Gasteiger partial charge in [-0.3, -0.25) is 0 Å². The van der Waals surface area contributed by atoms with Crippen molar-refractivity contribution in [1.29, 1.82) is 0 Å². The van der Waals surface area contributed by atoms with Crippen molar-refractivity contribution in [3.05, 3.63) is 52.3 Å². The number of benzene rings is 2. The molecule has 5 heteroatoms. The molecule has 0 saturated carbocycles. The molecular weight excluding hydrogens is 281 g/mol. The number of anilines is 1. The quantitative estimate of drug-likeness (QED) is 0.892. The molecule has 0 aliphatic carbocycles. The van der Waals surface area contributed by atoms with Gasteiger partial charge in [0.25, 0.3) is 0 Å². The third-order valence-electron chi connectivity index (χ3n) is 3.02. The van der Waals surface area contributed by atoms with Gasteiger partial charge in [0.1, 0.15) is 5.75 Å². The first kappa shape index (κ1) is 14.5. The summed E-state index contributed by atoms with van der Waals surface area (Å²) < 4.78 is 18.5. The van der Waals surface area contributed by atoms with Crippen LogP contribution in [0.4, 0.5) is 10.1 Å². The summed E-state index contributed by atoms with van der Waals surface area (Å²) in [5.74, 6) is -0.385. The van der Waals surface area contributed by atoms with Crippen molar-refractivity contribution in [2.75, 3.05) is 12.4 Å². The van der Waals surface area contributed by atoms with Crippen LogP contribution in [-0.4, -0.2) is 12.2 Å². The van der Waals surface area contributed by atoms with Gasteiger partial charge < -0.3 is 15.2 Å². The Morgan fingerprint density at radius 3 is 2.80 bits per heavy atom. The summed E-state index contributed by atoms with van der Waals surface area (Å²) in [6.45, 7) is 2.16. The SMILES string of the molecule is COc1cc(Cl)c(C)cc1NCc1cccc(F)c1O. The number of nitrogens with one attached hydrogen (secondary N) is 1. The van der Waals surface area contributed by atoms with Gasteiger partial charge in [-0.25, -0.2) is 4.39 Å². The number of hydrogen-bond donors (Lipinski definition) is 2. The van der Waals surface area contributed by atoms with Crippen molar-refractivity contribution in [3.63, 3.8) is 0 Å². The molecule has 0 bridgehead atoms. The minimum atomic E-state index is -0.636. The van der Waals surface area contributed by atoms with E-state index in [1.54, 1.807) is 25.3 Å². The summed E-state index contributed by atoms with van der Waals surface area (Å²) in [7, 11) is 1.55. The van der Waals surface area contributed by atoms with Crippen LogP contribution >= 0.6 is 11.6 Å². The number of para-hydroxylation sites is 1. The van der Waals surface area contributed by atoms with Crippen LogP contribution in [0.2, 0.25) is 5.02 Å². The molecule has 0 radical (unpaired) electrons. The van der Waals surface area contributed by atoms with E-state index in [0.29, 0.717) is 16.3 Å². The zero-order valence-electron chi connectivity index (χ0n) is 11.2. The summed E-state index contributed by atoms with van der Waals surface area (Å²) in [5, 5.41) is 13.4. The summed E-state index contributed by atoms with van der Waals surface area (Å²) in [4.78, 5) is 0. The number of halogens is 2. The highest BCUT2D eigenvalue weighted by Gasteiger charge is 2.09. The van der Waals surface area contributed by atoms with Crippen molar-refractivity contribution in [1.82, 2.24) is 0 Å². The van der Waals surface area contributed by atoms with E-state index in [4.69, 9.17) is 16.3 Å². The van der Waals surface area contributed by atoms with Gasteiger partial charge in [-0.1, -0.05) is 23.7 Å². The van der Waals surface area contributed by atoms with Gasteiger partial charge in [-0.2, -0.15) is 0 Å². The Morgan fingerprint density at radius 2 is 2.10 bits per heavy atom. The van der Waals surface area contributed by atoms with Crippen LogP contribution in [0.25, 0.3) is 0 Å². The fourth-order valence-electron chi connectivity index (χ4n) is 1.86. The molecule has 0 fully saturated rings. The fraction of sp³-hybridized carbons (Fsp3) is 0.200. The number of ether oxygens (including phenoxy) is 1. The van der Waals surface area contributed by atoms with E-state index in [2.05, 4.69) is 5.32 Å². The summed E-state index contributed by atoms with van der Waals surface area (Å²) in [6, 6.07) is 7.98. The molecule has 2 N–H and O–H groups in total. The minimum absolute atomic E-state index is 0.279. The van der Waals surface area contributed by atoms with E-state index in [1.165, 1.54) is 6.07 Å². The highest BCUT2D eigenvalue weighted by atomic mass is 35.5. The Hall–Kier alpha value is -1.94. The van der Waals surface area contributed by atoms with Crippen LogP contribution in [-0.2, 0) is 6.54 Å². The molecule has 0 saturated heterocycles. The normalized spacial score (nSPS) is 10.4. The van der Waals surface area contributed by atoms with Crippen LogP contribution in [0.3, 0.4) is 0 Å². The molecule has 0 aliphatic rings. The standard InChI is InChI=1S/C15H15ClFNO2/c1-9-6-13(14(20-2)7-11(9)16)18-8-10-4-3-5-12(17)15(10)19/h3-7,18-19H,8H2,1-2H3. The molecule has 0 aliphatic heterocycles. The first-order chi connectivity index (χ1) is 9.52. The van der Waals surface area contributed by atoms with Gasteiger partial charge in [0.05, 0.1) is 12.8 Å². The van der Waals surface area contributed by atoms with E-state index >= 15 is 0 Å². The van der Waals surface area contributed by atoms with Crippen LogP contribution in [0.5, 0.6) is 11.5 Å². The monoisotopic (exact) mass is 295 g/mol. The molecule has 2 rings (SSSR count). The van der Waals surface area contributed by atoms with Gasteiger partial charge in [0.2, 0.25) is 0 Å². The average molecular weight is 296 g/mol. The van der Waals surface area contributed by atoms with Gasteiger partial charge >= 0.3 is 0 Å². The maximum atomic E-state index is 13.2. The molecule has 2 aromatic carbocycles. The predicted octanol–water partition coefficient (Wildman–Crippen LogP) is 4.11.